The van der Waals surface area contributed by atoms with Crippen LogP contribution in [0.15, 0.2) is 22.8 Å². The van der Waals surface area contributed by atoms with Crippen LogP contribution in [0.4, 0.5) is 0 Å². The molecule has 0 saturated heterocycles. The predicted octanol–water partition coefficient (Wildman–Crippen LogP) is 1.20. The van der Waals surface area contributed by atoms with Gasteiger partial charge in [-0.15, -0.1) is 0 Å². The van der Waals surface area contributed by atoms with E-state index in [1.165, 1.54) is 19.6 Å². The molecular weight excluding hydrogens is 284 g/mol. The Hall–Kier alpha value is -1.01. The number of hydrogen-bond donors (Lipinski definition) is 2. The van der Waals surface area contributed by atoms with Gasteiger partial charge in [0.15, 0.2) is 5.78 Å². The van der Waals surface area contributed by atoms with Crippen molar-refractivity contribution in [3.63, 3.8) is 0 Å². The molecule has 22 heavy (non-hydrogen) atoms. The fourth-order valence-corrected chi connectivity index (χ4v) is 4.29. The lowest BCUT2D eigenvalue weighted by Gasteiger charge is -2.42. The molecule has 0 aromatic carbocycles. The zero-order valence-corrected chi connectivity index (χ0v) is 13.5. The Kier molecular flexibility index (Phi) is 3.60. The maximum atomic E-state index is 12.9. The highest BCUT2D eigenvalue weighted by Gasteiger charge is 2.65. The number of ketones is 1. The number of rotatable bonds is 5. The fourth-order valence-electron chi connectivity index (χ4n) is 4.29. The van der Waals surface area contributed by atoms with Crippen LogP contribution in [0.25, 0.3) is 0 Å². The monoisotopic (exact) mass is 308 g/mol. The second kappa shape index (κ2) is 4.99. The molecule has 0 spiro atoms. The third-order valence-electron chi connectivity index (χ3n) is 5.70. The summed E-state index contributed by atoms with van der Waals surface area (Å²) in [6, 6.07) is 0. The van der Waals surface area contributed by atoms with Gasteiger partial charge in [0, 0.05) is 18.1 Å². The van der Waals surface area contributed by atoms with Crippen molar-refractivity contribution in [1.29, 1.82) is 0 Å². The number of carbonyl (C=O) groups excluding carboxylic acids is 1. The van der Waals surface area contributed by atoms with Gasteiger partial charge in [-0.25, -0.2) is 0 Å². The Labute approximate surface area is 130 Å². The lowest BCUT2D eigenvalue weighted by Crippen LogP contribution is -2.51. The summed E-state index contributed by atoms with van der Waals surface area (Å²) in [5, 5.41) is 19.8. The molecule has 3 aliphatic rings. The Morgan fingerprint density at radius 1 is 1.50 bits per heavy atom. The quantitative estimate of drug-likeness (QED) is 0.746. The first-order valence-electron chi connectivity index (χ1n) is 7.70. The number of carbonyl (C=O) groups is 1. The first-order chi connectivity index (χ1) is 10.3. The Morgan fingerprint density at radius 3 is 2.77 bits per heavy atom. The highest BCUT2D eigenvalue weighted by Crippen LogP contribution is 2.68. The SMILES string of the molecule is COCO[C@H]1C(=O)C(C(C)(O)CO)=CC2=C(C)[C@H]3C[C@H]3[C@@]21C. The van der Waals surface area contributed by atoms with E-state index in [9.17, 15) is 15.0 Å². The number of fused-ring (bicyclic) bond motifs is 3. The molecule has 122 valence electrons. The summed E-state index contributed by atoms with van der Waals surface area (Å²) in [4.78, 5) is 12.9. The normalized spacial score (nSPS) is 39.3. The highest BCUT2D eigenvalue weighted by atomic mass is 16.7. The van der Waals surface area contributed by atoms with Gasteiger partial charge in [-0.3, -0.25) is 4.79 Å². The van der Waals surface area contributed by atoms with Crippen LogP contribution in [0.1, 0.15) is 27.2 Å². The van der Waals surface area contributed by atoms with E-state index in [4.69, 9.17) is 9.47 Å². The van der Waals surface area contributed by atoms with Gasteiger partial charge in [-0.1, -0.05) is 12.5 Å². The summed E-state index contributed by atoms with van der Waals surface area (Å²) in [6.07, 6.45) is 2.20. The fraction of sp³-hybridized carbons (Fsp3) is 0.706. The van der Waals surface area contributed by atoms with Gasteiger partial charge in [0.05, 0.1) is 6.61 Å². The van der Waals surface area contributed by atoms with E-state index in [1.807, 2.05) is 0 Å². The van der Waals surface area contributed by atoms with Crippen LogP contribution in [-0.2, 0) is 14.3 Å². The van der Waals surface area contributed by atoms with Crippen LogP contribution in [0.5, 0.6) is 0 Å². The highest BCUT2D eigenvalue weighted by molar-refractivity contribution is 6.04. The minimum absolute atomic E-state index is 0.0320. The van der Waals surface area contributed by atoms with Crippen LogP contribution in [-0.4, -0.2) is 48.2 Å². The van der Waals surface area contributed by atoms with Crippen LogP contribution in [0.3, 0.4) is 0 Å². The Bertz CT molecular complexity index is 574. The van der Waals surface area contributed by atoms with Gasteiger partial charge in [-0.2, -0.15) is 0 Å². The summed E-state index contributed by atoms with van der Waals surface area (Å²) in [5.41, 5.74) is 0.659. The van der Waals surface area contributed by atoms with Crippen molar-refractivity contribution in [2.75, 3.05) is 20.5 Å². The average Bonchev–Trinajstić information content (AvgIpc) is 3.23. The minimum Gasteiger partial charge on any atom is -0.393 e. The van der Waals surface area contributed by atoms with E-state index in [-0.39, 0.29) is 23.6 Å². The molecule has 2 N–H and O–H groups in total. The Morgan fingerprint density at radius 2 is 2.18 bits per heavy atom. The van der Waals surface area contributed by atoms with E-state index in [0.717, 1.165) is 12.0 Å². The molecule has 0 aromatic heterocycles. The minimum atomic E-state index is -1.56. The number of allylic oxidation sites excluding steroid dienone is 2. The molecule has 1 fully saturated rings. The summed E-state index contributed by atoms with van der Waals surface area (Å²) in [6.45, 7) is 5.15. The van der Waals surface area contributed by atoms with Crippen LogP contribution in [0.2, 0.25) is 0 Å². The molecule has 5 heteroatoms. The van der Waals surface area contributed by atoms with Crippen molar-refractivity contribution in [3.8, 4) is 0 Å². The third kappa shape index (κ3) is 1.96. The van der Waals surface area contributed by atoms with Crippen molar-refractivity contribution in [2.45, 2.75) is 38.9 Å². The second-order valence-corrected chi connectivity index (χ2v) is 7.14. The largest absolute Gasteiger partial charge is 0.393 e. The number of hydrogen-bond acceptors (Lipinski definition) is 5. The van der Waals surface area contributed by atoms with Gasteiger partial charge >= 0.3 is 0 Å². The number of methoxy groups -OCH3 is 1. The second-order valence-electron chi connectivity index (χ2n) is 7.14. The number of ether oxygens (including phenoxy) is 2. The van der Waals surface area contributed by atoms with Crippen LogP contribution < -0.4 is 0 Å². The molecule has 0 aromatic rings. The molecule has 0 aliphatic heterocycles. The topological polar surface area (TPSA) is 76.0 Å². The molecular formula is C17H24O5. The third-order valence-corrected chi connectivity index (χ3v) is 5.70. The van der Waals surface area contributed by atoms with Crippen LogP contribution in [0, 0.1) is 17.3 Å². The first-order valence-corrected chi connectivity index (χ1v) is 7.70. The lowest BCUT2D eigenvalue weighted by atomic mass is 9.66. The van der Waals surface area contributed by atoms with E-state index in [0.29, 0.717) is 11.8 Å². The molecule has 1 saturated carbocycles. The number of Topliss-reactive ketones (excluding diaryl/α,β-unsaturated/α-hetero) is 1. The van der Waals surface area contributed by atoms with E-state index in [1.54, 1.807) is 6.08 Å². The molecule has 3 aliphatic carbocycles. The van der Waals surface area contributed by atoms with E-state index in [2.05, 4.69) is 13.8 Å². The zero-order chi connectivity index (χ0) is 16.3. The molecule has 0 bridgehead atoms. The summed E-state index contributed by atoms with van der Waals surface area (Å²) >= 11 is 0. The summed E-state index contributed by atoms with van der Waals surface area (Å²) in [5.74, 6) is 0.684. The van der Waals surface area contributed by atoms with Gasteiger partial charge in [0.1, 0.15) is 18.5 Å². The summed E-state index contributed by atoms with van der Waals surface area (Å²) < 4.78 is 10.7. The Balaban J connectivity index is 2.09. The van der Waals surface area contributed by atoms with Crippen molar-refractivity contribution in [2.24, 2.45) is 17.3 Å². The molecule has 0 amide bonds. The van der Waals surface area contributed by atoms with Crippen LogP contribution >= 0.6 is 0 Å². The van der Waals surface area contributed by atoms with Crippen molar-refractivity contribution in [3.05, 3.63) is 22.8 Å². The number of aliphatic hydroxyl groups excluding tert-OH is 1. The van der Waals surface area contributed by atoms with Gasteiger partial charge < -0.3 is 19.7 Å². The maximum absolute atomic E-state index is 12.9. The molecule has 0 radical (unpaired) electrons. The first kappa shape index (κ1) is 15.9. The molecule has 5 nitrogen and oxygen atoms in total. The zero-order valence-electron chi connectivity index (χ0n) is 13.5. The van der Waals surface area contributed by atoms with Gasteiger partial charge in [0.25, 0.3) is 0 Å². The van der Waals surface area contributed by atoms with Gasteiger partial charge in [0.2, 0.25) is 0 Å². The van der Waals surface area contributed by atoms with E-state index < -0.39 is 18.3 Å². The number of aliphatic hydroxyl groups is 2. The standard InChI is InChI=1S/C17H24O5/c1-9-10-5-12(10)17(3)11(9)6-13(16(2,20)7-18)14(19)15(17)22-8-21-4/h6,10,12,15,18,20H,5,7-8H2,1-4H3/t10-,12-,15+,16?,17-/m1/s1. The van der Waals surface area contributed by atoms with Crippen molar-refractivity contribution in [1.82, 2.24) is 0 Å². The average molecular weight is 308 g/mol. The molecule has 3 rings (SSSR count). The lowest BCUT2D eigenvalue weighted by molar-refractivity contribution is -0.152. The molecule has 5 atom stereocenters. The van der Waals surface area contributed by atoms with E-state index >= 15 is 0 Å². The smallest absolute Gasteiger partial charge is 0.191 e. The van der Waals surface area contributed by atoms with Gasteiger partial charge in [-0.05, 0) is 43.8 Å². The summed E-state index contributed by atoms with van der Waals surface area (Å²) in [7, 11) is 1.52. The molecule has 0 heterocycles. The molecule has 1 unspecified atom stereocenters. The maximum Gasteiger partial charge on any atom is 0.191 e. The van der Waals surface area contributed by atoms with Crippen molar-refractivity contribution >= 4 is 5.78 Å². The van der Waals surface area contributed by atoms with Crippen molar-refractivity contribution < 1.29 is 24.5 Å². The predicted molar refractivity (Wildman–Crippen MR) is 80.0 cm³/mol.